The van der Waals surface area contributed by atoms with E-state index >= 15 is 0 Å². The molecule has 1 N–H and O–H groups in total. The van der Waals surface area contributed by atoms with E-state index in [9.17, 15) is 4.79 Å². The van der Waals surface area contributed by atoms with Gasteiger partial charge in [0.2, 0.25) is 5.91 Å². The topological polar surface area (TPSA) is 33.1 Å². The third-order valence-corrected chi connectivity index (χ3v) is 1.71. The minimum Gasteiger partial charge on any atom is -0.431 e. The Balaban J connectivity index is 2.31. The largest absolute Gasteiger partial charge is 0.431 e. The van der Waals surface area contributed by atoms with E-state index in [-0.39, 0.29) is 5.91 Å². The Morgan fingerprint density at radius 2 is 2.10 bits per heavy atom. The predicted molar refractivity (Wildman–Crippen MR) is 38.8 cm³/mol. The van der Waals surface area contributed by atoms with Gasteiger partial charge in [-0.3, -0.25) is 4.79 Å². The Labute approximate surface area is 61.0 Å². The third kappa shape index (κ3) is 1.70. The molecule has 0 unspecified atom stereocenters. The molecule has 3 heteroatoms. The lowest BCUT2D eigenvalue weighted by Crippen LogP contribution is -2.41. The van der Waals surface area contributed by atoms with Crippen LogP contribution >= 0.6 is 0 Å². The van der Waals surface area contributed by atoms with Gasteiger partial charge in [0.25, 0.3) is 0 Å². The highest BCUT2D eigenvalue weighted by Crippen LogP contribution is 1.97. The van der Waals surface area contributed by atoms with Crippen molar-refractivity contribution in [1.29, 1.82) is 0 Å². The molecule has 0 radical (unpaired) electrons. The number of hydrogen-bond donors (Lipinski definition) is 0. The van der Waals surface area contributed by atoms with Gasteiger partial charge >= 0.3 is 0 Å². The van der Waals surface area contributed by atoms with Crippen molar-refractivity contribution < 1.29 is 9.53 Å². The lowest BCUT2D eigenvalue weighted by Gasteiger charge is -2.23. The van der Waals surface area contributed by atoms with Crippen molar-refractivity contribution >= 4 is 5.91 Å². The molecule has 0 aromatic rings. The zero-order chi connectivity index (χ0) is 7.40. The Hall–Kier alpha value is -0.570. The second-order valence-electron chi connectivity index (χ2n) is 2.41. The van der Waals surface area contributed by atoms with Gasteiger partial charge < -0.3 is 9.64 Å². The van der Waals surface area contributed by atoms with Crippen molar-refractivity contribution in [1.82, 2.24) is 4.90 Å². The third-order valence-electron chi connectivity index (χ3n) is 1.71. The second-order valence-corrected chi connectivity index (χ2v) is 2.41. The first-order valence-electron chi connectivity index (χ1n) is 3.75. The normalized spacial score (nSPS) is 19.1. The van der Waals surface area contributed by atoms with Crippen molar-refractivity contribution in [3.8, 4) is 0 Å². The number of carbonyl (C=O) groups excluding carboxylic acids is 1. The van der Waals surface area contributed by atoms with Crippen LogP contribution in [0.5, 0.6) is 0 Å². The van der Waals surface area contributed by atoms with Crippen molar-refractivity contribution in [3.05, 3.63) is 0 Å². The molecule has 10 heavy (non-hydrogen) atoms. The fourth-order valence-electron chi connectivity index (χ4n) is 1.08. The van der Waals surface area contributed by atoms with E-state index in [1.807, 2.05) is 11.8 Å². The van der Waals surface area contributed by atoms with Gasteiger partial charge in [0.05, 0.1) is 13.1 Å². The van der Waals surface area contributed by atoms with E-state index in [1.165, 1.54) is 0 Å². The monoisotopic (exact) mass is 144 g/mol. The summed E-state index contributed by atoms with van der Waals surface area (Å²) in [5.74, 6) is 0.259. The van der Waals surface area contributed by atoms with Crippen molar-refractivity contribution in [3.63, 3.8) is 0 Å². The molecule has 0 bridgehead atoms. The molecule has 1 heterocycles. The molecule has 0 saturated carbocycles. The standard InChI is InChI=1S/C7H13NO2/c1-2-7(9)8-3-5-10-6-4-8/h2-6H2,1H3/p+1. The molecule has 1 saturated heterocycles. The van der Waals surface area contributed by atoms with E-state index in [2.05, 4.69) is 4.74 Å². The van der Waals surface area contributed by atoms with Gasteiger partial charge in [-0.15, -0.1) is 0 Å². The summed E-state index contributed by atoms with van der Waals surface area (Å²) in [6, 6.07) is 0. The minimum absolute atomic E-state index is 0.259. The number of ether oxygens (including phenoxy) is 1. The second kappa shape index (κ2) is 3.56. The molecule has 1 rings (SSSR count). The maximum absolute atomic E-state index is 11.1. The molecule has 58 valence electrons. The lowest BCUT2D eigenvalue weighted by molar-refractivity contribution is -0.144. The number of rotatable bonds is 1. The summed E-state index contributed by atoms with van der Waals surface area (Å²) in [5, 5.41) is 0. The van der Waals surface area contributed by atoms with Crippen LogP contribution in [-0.2, 0) is 4.79 Å². The van der Waals surface area contributed by atoms with Crippen LogP contribution in [0.4, 0.5) is 0 Å². The molecule has 1 fully saturated rings. The summed E-state index contributed by atoms with van der Waals surface area (Å²) in [4.78, 5) is 12.9. The highest BCUT2D eigenvalue weighted by molar-refractivity contribution is 5.75. The number of morpholine rings is 1. The van der Waals surface area contributed by atoms with Gasteiger partial charge in [0.15, 0.2) is 13.2 Å². The summed E-state index contributed by atoms with van der Waals surface area (Å²) < 4.78 is 4.15. The molecular weight excluding hydrogens is 130 g/mol. The Morgan fingerprint density at radius 1 is 1.50 bits per heavy atom. The average Bonchev–Trinajstić information content (AvgIpc) is 2.05. The SMILES string of the molecule is CCC(=O)N1CC[OH+]CC1. The Bertz CT molecular complexity index is 119. The summed E-state index contributed by atoms with van der Waals surface area (Å²) >= 11 is 0. The van der Waals surface area contributed by atoms with Gasteiger partial charge in [-0.2, -0.15) is 0 Å². The maximum Gasteiger partial charge on any atom is 0.222 e. The quantitative estimate of drug-likeness (QED) is 0.468. The Kier molecular flexibility index (Phi) is 2.68. The fraction of sp³-hybridized carbons (Fsp3) is 0.857. The van der Waals surface area contributed by atoms with Crippen LogP contribution in [0, 0.1) is 0 Å². The van der Waals surface area contributed by atoms with Gasteiger partial charge in [0.1, 0.15) is 0 Å². The molecule has 0 aromatic heterocycles. The number of aliphatic hydroxyl groups is 2. The van der Waals surface area contributed by atoms with Crippen LogP contribution in [0.15, 0.2) is 0 Å². The summed E-state index contributed by atoms with van der Waals surface area (Å²) in [6.45, 7) is 5.20. The van der Waals surface area contributed by atoms with Gasteiger partial charge in [-0.05, 0) is 0 Å². The zero-order valence-corrected chi connectivity index (χ0v) is 6.34. The zero-order valence-electron chi connectivity index (χ0n) is 6.34. The van der Waals surface area contributed by atoms with Crippen LogP contribution < -0.4 is 0 Å². The molecule has 0 aromatic carbocycles. The summed E-state index contributed by atoms with van der Waals surface area (Å²) in [5.41, 5.74) is 0. The summed E-state index contributed by atoms with van der Waals surface area (Å²) in [7, 11) is 0. The molecule has 1 aliphatic rings. The minimum atomic E-state index is 0.259. The van der Waals surface area contributed by atoms with Crippen LogP contribution in [-0.4, -0.2) is 41.8 Å². The first kappa shape index (κ1) is 7.54. The van der Waals surface area contributed by atoms with Gasteiger partial charge in [-0.1, -0.05) is 6.92 Å². The highest BCUT2D eigenvalue weighted by Gasteiger charge is 2.16. The van der Waals surface area contributed by atoms with Crippen molar-refractivity contribution in [2.75, 3.05) is 26.3 Å². The molecule has 1 amide bonds. The van der Waals surface area contributed by atoms with Crippen molar-refractivity contribution in [2.24, 2.45) is 0 Å². The molecule has 0 spiro atoms. The number of amides is 1. The van der Waals surface area contributed by atoms with Crippen LogP contribution in [0.2, 0.25) is 0 Å². The van der Waals surface area contributed by atoms with Crippen LogP contribution in [0.1, 0.15) is 13.3 Å². The lowest BCUT2D eigenvalue weighted by atomic mass is 10.3. The number of hydrogen-bond acceptors (Lipinski definition) is 1. The van der Waals surface area contributed by atoms with E-state index in [0.29, 0.717) is 6.42 Å². The Morgan fingerprint density at radius 3 is 2.60 bits per heavy atom. The number of carbonyl (C=O) groups is 1. The van der Waals surface area contributed by atoms with E-state index in [4.69, 9.17) is 0 Å². The van der Waals surface area contributed by atoms with E-state index < -0.39 is 0 Å². The van der Waals surface area contributed by atoms with Crippen LogP contribution in [0.25, 0.3) is 0 Å². The maximum atomic E-state index is 11.1. The first-order valence-corrected chi connectivity index (χ1v) is 3.75. The summed E-state index contributed by atoms with van der Waals surface area (Å²) in [6.07, 6.45) is 0.625. The van der Waals surface area contributed by atoms with Gasteiger partial charge in [-0.25, -0.2) is 0 Å². The fourth-order valence-corrected chi connectivity index (χ4v) is 1.08. The predicted octanol–water partition coefficient (Wildman–Crippen LogP) is -0.233. The van der Waals surface area contributed by atoms with E-state index in [0.717, 1.165) is 26.3 Å². The molecule has 1 aliphatic heterocycles. The first-order chi connectivity index (χ1) is 4.84. The average molecular weight is 144 g/mol. The number of nitrogens with zero attached hydrogens (tertiary/aromatic N) is 1. The highest BCUT2D eigenvalue weighted by atomic mass is 16.5. The molecule has 3 nitrogen and oxygen atoms in total. The smallest absolute Gasteiger partial charge is 0.222 e. The molecule has 0 atom stereocenters. The molecular formula is C7H14NO2+. The van der Waals surface area contributed by atoms with E-state index in [1.54, 1.807) is 0 Å². The van der Waals surface area contributed by atoms with Gasteiger partial charge in [0, 0.05) is 6.42 Å². The van der Waals surface area contributed by atoms with Crippen molar-refractivity contribution in [2.45, 2.75) is 13.3 Å². The molecule has 0 aliphatic carbocycles. The van der Waals surface area contributed by atoms with Crippen LogP contribution in [0.3, 0.4) is 0 Å².